The van der Waals surface area contributed by atoms with Gasteiger partial charge in [0.05, 0.1) is 11.1 Å². The van der Waals surface area contributed by atoms with Crippen LogP contribution < -0.4 is 16.0 Å². The number of nitrogens with two attached hydrogens (primary N) is 1. The number of halogens is 4. The van der Waals surface area contributed by atoms with Crippen molar-refractivity contribution >= 4 is 22.4 Å². The number of pyridine rings is 1. The van der Waals surface area contributed by atoms with Crippen LogP contribution in [0.1, 0.15) is 57.8 Å². The summed E-state index contributed by atoms with van der Waals surface area (Å²) in [5, 5.41) is 1.62. The number of benzene rings is 1. The first-order valence-electron chi connectivity index (χ1n) is 11.0. The molecule has 31 heavy (non-hydrogen) atoms. The second kappa shape index (κ2) is 8.66. The lowest BCUT2D eigenvalue weighted by atomic mass is 9.64. The van der Waals surface area contributed by atoms with Crippen molar-refractivity contribution in [1.29, 1.82) is 0 Å². The van der Waals surface area contributed by atoms with Crippen molar-refractivity contribution in [2.24, 2.45) is 17.1 Å². The first-order valence-corrected chi connectivity index (χ1v) is 11.3. The molecule has 1 aromatic carbocycles. The number of hydrogen-bond acceptors (Lipinski definition) is 3. The Labute approximate surface area is 184 Å². The van der Waals surface area contributed by atoms with Gasteiger partial charge < -0.3 is 15.5 Å². The molecule has 0 saturated heterocycles. The molecule has 3 N–H and O–H groups in total. The number of hydrogen-bond donors (Lipinski definition) is 2. The largest absolute Gasteiger partial charge is 0.489 e. The van der Waals surface area contributed by atoms with Gasteiger partial charge in [0.1, 0.15) is 5.75 Å². The normalized spacial score (nSPS) is 25.5. The van der Waals surface area contributed by atoms with Crippen LogP contribution in [-0.4, -0.2) is 23.3 Å². The zero-order valence-corrected chi connectivity index (χ0v) is 18.1. The molecule has 0 amide bonds. The van der Waals surface area contributed by atoms with Crippen LogP contribution in [0.5, 0.6) is 5.75 Å². The van der Waals surface area contributed by atoms with Crippen molar-refractivity contribution in [1.82, 2.24) is 4.98 Å². The lowest BCUT2D eigenvalue weighted by molar-refractivity contribution is -0.137. The van der Waals surface area contributed by atoms with Gasteiger partial charge in [0, 0.05) is 24.0 Å². The van der Waals surface area contributed by atoms with Crippen LogP contribution in [0.3, 0.4) is 0 Å². The van der Waals surface area contributed by atoms with Crippen LogP contribution in [0.25, 0.3) is 10.8 Å². The van der Waals surface area contributed by atoms with E-state index in [2.05, 4.69) is 4.98 Å². The Morgan fingerprint density at radius 3 is 2.58 bits per heavy atom. The van der Waals surface area contributed by atoms with Crippen molar-refractivity contribution in [3.8, 4) is 5.75 Å². The van der Waals surface area contributed by atoms with Crippen molar-refractivity contribution in [2.45, 2.75) is 76.1 Å². The third kappa shape index (κ3) is 5.20. The number of aromatic amines is 1. The van der Waals surface area contributed by atoms with Gasteiger partial charge in [0.2, 0.25) is 0 Å². The second-order valence-electron chi connectivity index (χ2n) is 9.19. The number of nitrogens with one attached hydrogen (secondary N) is 1. The minimum atomic E-state index is -4.13. The molecule has 2 aromatic rings. The topological polar surface area (TPSA) is 68.1 Å². The Morgan fingerprint density at radius 2 is 1.94 bits per heavy atom. The molecule has 0 aliphatic heterocycles. The quantitative estimate of drug-likeness (QED) is 0.540. The van der Waals surface area contributed by atoms with E-state index in [1.807, 2.05) is 0 Å². The standard InChI is InChI=1S/C23H28ClF3N2O2/c24-18-13-17-15(6-11-29-21(17)30)12-19(18)31-16-4-9-22(10-5-16,20(28)14-2-3-14)7-1-8-23(25,26)27/h6,11-14,16,20H,1-5,7-10,28H2,(H,29,30)/t16-,20?,22+. The first kappa shape index (κ1) is 22.5. The number of fused-ring (bicyclic) bond motifs is 1. The van der Waals surface area contributed by atoms with Crippen molar-refractivity contribution in [3.63, 3.8) is 0 Å². The molecule has 2 saturated carbocycles. The minimum Gasteiger partial charge on any atom is -0.489 e. The van der Waals surface area contributed by atoms with E-state index >= 15 is 0 Å². The number of rotatable bonds is 7. The fourth-order valence-corrected chi connectivity index (χ4v) is 5.30. The van der Waals surface area contributed by atoms with E-state index in [-0.39, 0.29) is 29.5 Å². The molecule has 1 atom stereocenters. The lowest BCUT2D eigenvalue weighted by Crippen LogP contribution is -2.47. The molecular weight excluding hydrogens is 429 g/mol. The van der Waals surface area contributed by atoms with Crippen molar-refractivity contribution in [3.05, 3.63) is 39.8 Å². The van der Waals surface area contributed by atoms with E-state index in [0.717, 1.165) is 43.9 Å². The Kier molecular flexibility index (Phi) is 6.28. The van der Waals surface area contributed by atoms with Gasteiger partial charge >= 0.3 is 6.18 Å². The van der Waals surface area contributed by atoms with Gasteiger partial charge in [0.25, 0.3) is 5.56 Å². The van der Waals surface area contributed by atoms with E-state index in [1.54, 1.807) is 24.4 Å². The fourth-order valence-electron chi connectivity index (χ4n) is 5.09. The van der Waals surface area contributed by atoms with Gasteiger partial charge in [-0.1, -0.05) is 11.6 Å². The number of ether oxygens (including phenoxy) is 1. The Bertz CT molecular complexity index is 979. The van der Waals surface area contributed by atoms with E-state index in [9.17, 15) is 18.0 Å². The highest BCUT2D eigenvalue weighted by Crippen LogP contribution is 2.50. The maximum atomic E-state index is 12.7. The fraction of sp³-hybridized carbons (Fsp3) is 0.609. The van der Waals surface area contributed by atoms with Crippen LogP contribution >= 0.6 is 11.6 Å². The summed E-state index contributed by atoms with van der Waals surface area (Å²) in [6.45, 7) is 0. The molecule has 2 fully saturated rings. The lowest BCUT2D eigenvalue weighted by Gasteiger charge is -2.45. The summed E-state index contributed by atoms with van der Waals surface area (Å²) in [4.78, 5) is 14.6. The van der Waals surface area contributed by atoms with Crippen LogP contribution in [0, 0.1) is 11.3 Å². The maximum Gasteiger partial charge on any atom is 0.389 e. The van der Waals surface area contributed by atoms with Crippen LogP contribution in [0.4, 0.5) is 13.2 Å². The van der Waals surface area contributed by atoms with Gasteiger partial charge in [-0.25, -0.2) is 0 Å². The predicted molar refractivity (Wildman–Crippen MR) is 116 cm³/mol. The van der Waals surface area contributed by atoms with Crippen molar-refractivity contribution in [2.75, 3.05) is 0 Å². The highest BCUT2D eigenvalue weighted by Gasteiger charge is 2.46. The first-order chi connectivity index (χ1) is 14.7. The molecule has 2 aliphatic carbocycles. The molecule has 4 nitrogen and oxygen atoms in total. The average Bonchev–Trinajstić information content (AvgIpc) is 3.54. The summed E-state index contributed by atoms with van der Waals surface area (Å²) in [7, 11) is 0. The summed E-state index contributed by atoms with van der Waals surface area (Å²) in [5.41, 5.74) is 6.11. The molecule has 0 radical (unpaired) electrons. The summed E-state index contributed by atoms with van der Waals surface area (Å²) in [5.74, 6) is 0.970. The van der Waals surface area contributed by atoms with E-state index in [1.165, 1.54) is 0 Å². The smallest absolute Gasteiger partial charge is 0.389 e. The molecule has 0 bridgehead atoms. The molecule has 170 valence electrons. The number of alkyl halides is 3. The van der Waals surface area contributed by atoms with Crippen LogP contribution in [0.2, 0.25) is 5.02 Å². The molecule has 2 aliphatic rings. The highest BCUT2D eigenvalue weighted by molar-refractivity contribution is 6.32. The van der Waals surface area contributed by atoms with Crippen LogP contribution in [0.15, 0.2) is 29.2 Å². The summed E-state index contributed by atoms with van der Waals surface area (Å²) >= 11 is 6.36. The molecule has 4 rings (SSSR count). The zero-order valence-electron chi connectivity index (χ0n) is 17.3. The third-order valence-corrected chi connectivity index (χ3v) is 7.32. The third-order valence-electron chi connectivity index (χ3n) is 7.02. The summed E-state index contributed by atoms with van der Waals surface area (Å²) in [6, 6.07) is 5.13. The Hall–Kier alpha value is -1.73. The van der Waals surface area contributed by atoms with E-state index in [0.29, 0.717) is 28.5 Å². The molecule has 8 heteroatoms. The van der Waals surface area contributed by atoms with Crippen LogP contribution in [-0.2, 0) is 0 Å². The molecule has 1 unspecified atom stereocenters. The van der Waals surface area contributed by atoms with E-state index in [4.69, 9.17) is 22.1 Å². The zero-order chi connectivity index (χ0) is 22.2. The number of aromatic nitrogens is 1. The van der Waals surface area contributed by atoms with Gasteiger partial charge in [0.15, 0.2) is 0 Å². The van der Waals surface area contributed by atoms with Gasteiger partial charge in [-0.05, 0) is 86.3 Å². The summed E-state index contributed by atoms with van der Waals surface area (Å²) < 4.78 is 44.3. The van der Waals surface area contributed by atoms with Crippen molar-refractivity contribution < 1.29 is 17.9 Å². The highest BCUT2D eigenvalue weighted by atomic mass is 35.5. The average molecular weight is 457 g/mol. The van der Waals surface area contributed by atoms with Gasteiger partial charge in [-0.2, -0.15) is 13.2 Å². The molecule has 1 aromatic heterocycles. The minimum absolute atomic E-state index is 0.0438. The maximum absolute atomic E-state index is 12.7. The predicted octanol–water partition coefficient (Wildman–Crippen LogP) is 5.96. The molecule has 1 heterocycles. The second-order valence-corrected chi connectivity index (χ2v) is 9.60. The van der Waals surface area contributed by atoms with Gasteiger partial charge in [-0.15, -0.1) is 0 Å². The van der Waals surface area contributed by atoms with E-state index < -0.39 is 12.6 Å². The molecule has 0 spiro atoms. The monoisotopic (exact) mass is 456 g/mol. The molecular formula is C23H28ClF3N2O2. The number of H-pyrrole nitrogens is 1. The SMILES string of the molecule is NC(C1CC1)[C@]1(CCCC(F)(F)F)CC[C@H](Oc2cc3cc[nH]c(=O)c3cc2Cl)CC1. The Balaban J connectivity index is 1.44. The summed E-state index contributed by atoms with van der Waals surface area (Å²) in [6.07, 6.45) is 2.41. The van der Waals surface area contributed by atoms with Gasteiger partial charge in [-0.3, -0.25) is 4.79 Å². The Morgan fingerprint density at radius 1 is 1.23 bits per heavy atom.